The van der Waals surface area contributed by atoms with Crippen LogP contribution in [0.4, 0.5) is 0 Å². The summed E-state index contributed by atoms with van der Waals surface area (Å²) in [6, 6.07) is 12.4. The highest BCUT2D eigenvalue weighted by molar-refractivity contribution is 7.99. The summed E-state index contributed by atoms with van der Waals surface area (Å²) in [5.41, 5.74) is 0.954. The van der Waals surface area contributed by atoms with Crippen LogP contribution in [0, 0.1) is 0 Å². The molecule has 3 aromatic carbocycles. The molecule has 1 aromatic heterocycles. The molecule has 6 nitrogen and oxygen atoms in total. The van der Waals surface area contributed by atoms with Gasteiger partial charge >= 0.3 is 0 Å². The fourth-order valence-corrected chi connectivity index (χ4v) is 5.42. The molecule has 0 bridgehead atoms. The van der Waals surface area contributed by atoms with E-state index in [0.29, 0.717) is 11.5 Å². The van der Waals surface area contributed by atoms with Crippen molar-refractivity contribution in [3.8, 4) is 23.0 Å². The Morgan fingerprint density at radius 2 is 1.58 bits per heavy atom. The second-order valence-electron chi connectivity index (χ2n) is 7.93. The van der Waals surface area contributed by atoms with Gasteiger partial charge in [-0.05, 0) is 48.1 Å². The third kappa shape index (κ3) is 3.89. The SMILES string of the molecule is CCN(CC)CCSc1nc2c3cc4c(cc3ccc2c2cc(OC)c(OC)cc12)OCO4. The van der Waals surface area contributed by atoms with Gasteiger partial charge < -0.3 is 23.8 Å². The Labute approximate surface area is 197 Å². The van der Waals surface area contributed by atoms with Crippen LogP contribution in [0.25, 0.3) is 32.4 Å². The number of rotatable bonds is 8. The summed E-state index contributed by atoms with van der Waals surface area (Å²) in [6.07, 6.45) is 0. The van der Waals surface area contributed by atoms with Gasteiger partial charge in [-0.3, -0.25) is 0 Å². The number of nitrogens with zero attached hydrogens (tertiary/aromatic N) is 2. The summed E-state index contributed by atoms with van der Waals surface area (Å²) in [6.45, 7) is 7.76. The number of hydrogen-bond donors (Lipinski definition) is 0. The van der Waals surface area contributed by atoms with E-state index in [9.17, 15) is 0 Å². The number of pyridine rings is 1. The fraction of sp³-hybridized carbons (Fsp3) is 0.346. The first-order valence-corrected chi connectivity index (χ1v) is 12.2. The van der Waals surface area contributed by atoms with E-state index in [1.807, 2.05) is 18.2 Å². The van der Waals surface area contributed by atoms with Crippen LogP contribution in [0.3, 0.4) is 0 Å². The van der Waals surface area contributed by atoms with E-state index in [1.54, 1.807) is 26.0 Å². The second kappa shape index (κ2) is 9.15. The lowest BCUT2D eigenvalue weighted by Crippen LogP contribution is -2.25. The van der Waals surface area contributed by atoms with Crippen LogP contribution in [0.2, 0.25) is 0 Å². The molecule has 0 aliphatic carbocycles. The molecule has 0 atom stereocenters. The number of thioether (sulfide) groups is 1. The molecule has 0 fully saturated rings. The van der Waals surface area contributed by atoms with Crippen molar-refractivity contribution in [3.05, 3.63) is 36.4 Å². The maximum absolute atomic E-state index is 5.66. The molecule has 172 valence electrons. The van der Waals surface area contributed by atoms with Crippen LogP contribution in [0.5, 0.6) is 23.0 Å². The van der Waals surface area contributed by atoms with Crippen LogP contribution < -0.4 is 18.9 Å². The summed E-state index contributed by atoms with van der Waals surface area (Å²) in [5, 5.41) is 6.38. The minimum atomic E-state index is 0.253. The van der Waals surface area contributed by atoms with Gasteiger partial charge in [-0.2, -0.15) is 0 Å². The van der Waals surface area contributed by atoms with E-state index in [2.05, 4.69) is 36.9 Å². The Kier molecular flexibility index (Phi) is 6.08. The molecule has 0 N–H and O–H groups in total. The molecule has 2 heterocycles. The summed E-state index contributed by atoms with van der Waals surface area (Å²) in [7, 11) is 3.34. The van der Waals surface area contributed by atoms with E-state index in [-0.39, 0.29) is 6.79 Å². The zero-order valence-electron chi connectivity index (χ0n) is 19.4. The number of fused-ring (bicyclic) bond motifs is 6. The highest BCUT2D eigenvalue weighted by Gasteiger charge is 2.19. The predicted molar refractivity (Wildman–Crippen MR) is 134 cm³/mol. The molecule has 33 heavy (non-hydrogen) atoms. The summed E-state index contributed by atoms with van der Waals surface area (Å²) >= 11 is 1.79. The van der Waals surface area contributed by atoms with Gasteiger partial charge in [-0.25, -0.2) is 4.98 Å². The number of ether oxygens (including phenoxy) is 4. The smallest absolute Gasteiger partial charge is 0.231 e. The van der Waals surface area contributed by atoms with Crippen molar-refractivity contribution in [1.82, 2.24) is 9.88 Å². The van der Waals surface area contributed by atoms with Crippen LogP contribution in [-0.2, 0) is 0 Å². The van der Waals surface area contributed by atoms with E-state index in [4.69, 9.17) is 23.9 Å². The maximum Gasteiger partial charge on any atom is 0.231 e. The van der Waals surface area contributed by atoms with Crippen molar-refractivity contribution in [2.75, 3.05) is 46.4 Å². The van der Waals surface area contributed by atoms with Gasteiger partial charge in [0.25, 0.3) is 0 Å². The van der Waals surface area contributed by atoms with E-state index in [1.165, 1.54) is 0 Å². The molecule has 0 unspecified atom stereocenters. The van der Waals surface area contributed by atoms with Crippen molar-refractivity contribution in [1.29, 1.82) is 0 Å². The molecule has 0 spiro atoms. The largest absolute Gasteiger partial charge is 0.493 e. The fourth-order valence-electron chi connectivity index (χ4n) is 4.40. The number of aromatic nitrogens is 1. The first-order chi connectivity index (χ1) is 16.2. The normalized spacial score (nSPS) is 12.9. The Morgan fingerprint density at radius 3 is 2.27 bits per heavy atom. The highest BCUT2D eigenvalue weighted by Crippen LogP contribution is 2.43. The first-order valence-electron chi connectivity index (χ1n) is 11.2. The molecule has 1 aliphatic heterocycles. The summed E-state index contributed by atoms with van der Waals surface area (Å²) in [5.74, 6) is 3.92. The molecule has 5 rings (SSSR count). The minimum Gasteiger partial charge on any atom is -0.493 e. The zero-order chi connectivity index (χ0) is 22.9. The standard InChI is InChI=1S/C26H28N2O4S/c1-5-28(6-2)9-10-33-26-20-14-22(30-4)21(29-3)13-19(20)17-8-7-16-11-23-24(32-15-31-23)12-18(16)25(17)27-26/h7-8,11-14H,5-6,9-10,15H2,1-4H3. The minimum absolute atomic E-state index is 0.253. The van der Waals surface area contributed by atoms with E-state index in [0.717, 1.165) is 74.4 Å². The molecular formula is C26H28N2O4S. The molecule has 7 heteroatoms. The monoisotopic (exact) mass is 464 g/mol. The van der Waals surface area contributed by atoms with Crippen molar-refractivity contribution in [3.63, 3.8) is 0 Å². The molecule has 0 saturated carbocycles. The average molecular weight is 465 g/mol. The second-order valence-corrected chi connectivity index (χ2v) is 9.02. The third-order valence-corrected chi connectivity index (χ3v) is 7.25. The molecular weight excluding hydrogens is 436 g/mol. The van der Waals surface area contributed by atoms with Crippen molar-refractivity contribution in [2.24, 2.45) is 0 Å². The van der Waals surface area contributed by atoms with Gasteiger partial charge in [-0.1, -0.05) is 26.0 Å². The van der Waals surface area contributed by atoms with Crippen molar-refractivity contribution in [2.45, 2.75) is 18.9 Å². The molecule has 4 aromatic rings. The van der Waals surface area contributed by atoms with Gasteiger partial charge in [0.15, 0.2) is 23.0 Å². The molecule has 1 aliphatic rings. The maximum atomic E-state index is 5.66. The van der Waals surface area contributed by atoms with Gasteiger partial charge in [0, 0.05) is 28.5 Å². The number of benzene rings is 3. The predicted octanol–water partition coefficient (Wildman–Crippen LogP) is 5.72. The molecule has 0 saturated heterocycles. The lowest BCUT2D eigenvalue weighted by Gasteiger charge is -2.18. The molecule has 0 radical (unpaired) electrons. The van der Waals surface area contributed by atoms with Gasteiger partial charge in [-0.15, -0.1) is 11.8 Å². The zero-order valence-corrected chi connectivity index (χ0v) is 20.3. The first kappa shape index (κ1) is 21.9. The Balaban J connectivity index is 1.73. The van der Waals surface area contributed by atoms with Gasteiger partial charge in [0.05, 0.1) is 19.7 Å². The van der Waals surface area contributed by atoms with Crippen LogP contribution in [0.15, 0.2) is 41.4 Å². The summed E-state index contributed by atoms with van der Waals surface area (Å²) < 4.78 is 22.5. The topological polar surface area (TPSA) is 53.1 Å². The van der Waals surface area contributed by atoms with E-state index >= 15 is 0 Å². The van der Waals surface area contributed by atoms with Crippen molar-refractivity contribution >= 4 is 44.2 Å². The number of methoxy groups -OCH3 is 2. The van der Waals surface area contributed by atoms with Crippen LogP contribution >= 0.6 is 11.8 Å². The Bertz CT molecular complexity index is 1340. The molecule has 0 amide bonds. The van der Waals surface area contributed by atoms with Gasteiger partial charge in [0.2, 0.25) is 6.79 Å². The van der Waals surface area contributed by atoms with Gasteiger partial charge in [0.1, 0.15) is 5.03 Å². The average Bonchev–Trinajstić information content (AvgIpc) is 3.31. The lowest BCUT2D eigenvalue weighted by molar-refractivity contribution is 0.174. The van der Waals surface area contributed by atoms with Crippen LogP contribution in [0.1, 0.15) is 13.8 Å². The quantitative estimate of drug-likeness (QED) is 0.244. The Hall–Kier alpha value is -2.90. The Morgan fingerprint density at radius 1 is 0.879 bits per heavy atom. The van der Waals surface area contributed by atoms with E-state index < -0.39 is 0 Å². The van der Waals surface area contributed by atoms with Crippen LogP contribution in [-0.4, -0.2) is 56.3 Å². The highest BCUT2D eigenvalue weighted by atomic mass is 32.2. The number of hydrogen-bond acceptors (Lipinski definition) is 7. The third-order valence-electron chi connectivity index (χ3n) is 6.28. The van der Waals surface area contributed by atoms with Crippen molar-refractivity contribution < 1.29 is 18.9 Å². The lowest BCUT2D eigenvalue weighted by atomic mass is 10.0. The summed E-state index contributed by atoms with van der Waals surface area (Å²) in [4.78, 5) is 7.61.